The summed E-state index contributed by atoms with van der Waals surface area (Å²) in [6, 6.07) is 8.00. The normalized spacial score (nSPS) is 16.7. The van der Waals surface area contributed by atoms with Gasteiger partial charge in [-0.3, -0.25) is 10.1 Å². The van der Waals surface area contributed by atoms with E-state index >= 15 is 0 Å². The molecule has 1 aromatic carbocycles. The molecule has 1 fully saturated rings. The molecular formula is C18H25N5O3. The first kappa shape index (κ1) is 18.0. The molecule has 1 unspecified atom stereocenters. The topological polar surface area (TPSA) is 85.5 Å². The highest BCUT2D eigenvalue weighted by molar-refractivity contribution is 5.61. The van der Waals surface area contributed by atoms with E-state index in [-0.39, 0.29) is 10.6 Å². The third kappa shape index (κ3) is 3.44. The van der Waals surface area contributed by atoms with Gasteiger partial charge in [-0.15, -0.1) is 0 Å². The number of hydrogen-bond acceptors (Lipinski definition) is 6. The number of nitro groups is 1. The molecule has 2 heterocycles. The largest absolute Gasteiger partial charge is 0.495 e. The number of ether oxygens (including phenoxy) is 1. The van der Waals surface area contributed by atoms with Crippen LogP contribution in [-0.4, -0.2) is 41.4 Å². The Kier molecular flexibility index (Phi) is 5.29. The van der Waals surface area contributed by atoms with Crippen LogP contribution in [-0.2, 0) is 13.5 Å². The molecule has 1 aromatic heterocycles. The van der Waals surface area contributed by atoms with E-state index < -0.39 is 0 Å². The van der Waals surface area contributed by atoms with Gasteiger partial charge in [-0.25, -0.2) is 4.68 Å². The van der Waals surface area contributed by atoms with Gasteiger partial charge in [0.15, 0.2) is 0 Å². The third-order valence-corrected chi connectivity index (χ3v) is 4.88. The maximum absolute atomic E-state index is 11.4. The summed E-state index contributed by atoms with van der Waals surface area (Å²) in [5.74, 6) is 1.76. The van der Waals surface area contributed by atoms with Crippen molar-refractivity contribution in [2.24, 2.45) is 13.0 Å². The van der Waals surface area contributed by atoms with Crippen LogP contribution in [0.15, 0.2) is 24.3 Å². The van der Waals surface area contributed by atoms with Crippen molar-refractivity contribution in [1.29, 1.82) is 0 Å². The Morgan fingerprint density at radius 3 is 2.88 bits per heavy atom. The Labute approximate surface area is 152 Å². The Hall–Kier alpha value is -2.77. The molecule has 1 atom stereocenters. The van der Waals surface area contributed by atoms with Crippen LogP contribution in [0, 0.1) is 16.0 Å². The highest BCUT2D eigenvalue weighted by atomic mass is 16.6. The predicted molar refractivity (Wildman–Crippen MR) is 101 cm³/mol. The van der Waals surface area contributed by atoms with Crippen LogP contribution in [0.25, 0.3) is 0 Å². The van der Waals surface area contributed by atoms with Crippen LogP contribution >= 0.6 is 0 Å². The molecule has 8 nitrogen and oxygen atoms in total. The van der Waals surface area contributed by atoms with E-state index in [1.807, 2.05) is 25.1 Å². The summed E-state index contributed by atoms with van der Waals surface area (Å²) >= 11 is 0. The molecular weight excluding hydrogens is 334 g/mol. The van der Waals surface area contributed by atoms with Gasteiger partial charge in [0.2, 0.25) is 5.82 Å². The molecule has 1 aliphatic rings. The second-order valence-corrected chi connectivity index (χ2v) is 6.53. The number of hydrogen-bond donors (Lipinski definition) is 1. The van der Waals surface area contributed by atoms with Gasteiger partial charge in [0, 0.05) is 26.7 Å². The monoisotopic (exact) mass is 359 g/mol. The molecule has 1 aliphatic heterocycles. The molecule has 0 aliphatic carbocycles. The molecule has 0 radical (unpaired) electrons. The third-order valence-electron chi connectivity index (χ3n) is 4.88. The van der Waals surface area contributed by atoms with Crippen LogP contribution in [0.5, 0.6) is 5.75 Å². The fourth-order valence-electron chi connectivity index (χ4n) is 3.55. The molecule has 0 saturated carbocycles. The van der Waals surface area contributed by atoms with Gasteiger partial charge >= 0.3 is 5.69 Å². The first-order valence-corrected chi connectivity index (χ1v) is 8.87. The summed E-state index contributed by atoms with van der Waals surface area (Å²) in [7, 11) is 3.42. The van der Waals surface area contributed by atoms with Crippen LogP contribution in [0.4, 0.5) is 17.2 Å². The highest BCUT2D eigenvalue weighted by Crippen LogP contribution is 2.33. The minimum atomic E-state index is -0.343. The van der Waals surface area contributed by atoms with E-state index in [2.05, 4.69) is 21.4 Å². The maximum atomic E-state index is 11.4. The Morgan fingerprint density at radius 1 is 1.42 bits per heavy atom. The maximum Gasteiger partial charge on any atom is 0.333 e. The van der Waals surface area contributed by atoms with Crippen LogP contribution in [0.2, 0.25) is 0 Å². The summed E-state index contributed by atoms with van der Waals surface area (Å²) in [5, 5.41) is 18.9. The highest BCUT2D eigenvalue weighted by Gasteiger charge is 2.28. The van der Waals surface area contributed by atoms with E-state index in [4.69, 9.17) is 4.74 Å². The average molecular weight is 359 g/mol. The standard InChI is InChI=1S/C18H25N5O3/c1-4-14-17(23(24)25)18(21(2)20-14)19-11-13-9-10-22(12-13)15-7-5-6-8-16(15)26-3/h5-8,13,19H,4,9-12H2,1-3H3. The number of rotatable bonds is 7. The lowest BCUT2D eigenvalue weighted by atomic mass is 10.1. The van der Waals surface area contributed by atoms with E-state index in [1.54, 1.807) is 18.8 Å². The van der Waals surface area contributed by atoms with Crippen LogP contribution in [0.3, 0.4) is 0 Å². The SMILES string of the molecule is CCc1nn(C)c(NCC2CCN(c3ccccc3OC)C2)c1[N+](=O)[O-]. The fourth-order valence-corrected chi connectivity index (χ4v) is 3.55. The van der Waals surface area contributed by atoms with Crippen molar-refractivity contribution in [3.8, 4) is 5.75 Å². The van der Waals surface area contributed by atoms with Crippen LogP contribution in [0.1, 0.15) is 19.0 Å². The van der Waals surface area contributed by atoms with Crippen molar-refractivity contribution < 1.29 is 9.66 Å². The van der Waals surface area contributed by atoms with Gasteiger partial charge in [-0.05, 0) is 30.9 Å². The van der Waals surface area contributed by atoms with Crippen molar-refractivity contribution in [1.82, 2.24) is 9.78 Å². The van der Waals surface area contributed by atoms with Gasteiger partial charge in [-0.2, -0.15) is 5.10 Å². The number of nitrogens with zero attached hydrogens (tertiary/aromatic N) is 4. The van der Waals surface area contributed by atoms with Crippen molar-refractivity contribution in [2.45, 2.75) is 19.8 Å². The summed E-state index contributed by atoms with van der Waals surface area (Å²) in [5.41, 5.74) is 1.70. The molecule has 1 N–H and O–H groups in total. The summed E-state index contributed by atoms with van der Waals surface area (Å²) in [6.45, 7) is 4.39. The van der Waals surface area contributed by atoms with Crippen molar-refractivity contribution in [3.63, 3.8) is 0 Å². The smallest absolute Gasteiger partial charge is 0.333 e. The predicted octanol–water partition coefficient (Wildman–Crippen LogP) is 2.84. The lowest BCUT2D eigenvalue weighted by molar-refractivity contribution is -0.384. The van der Waals surface area contributed by atoms with Crippen molar-refractivity contribution in [3.05, 3.63) is 40.1 Å². The lowest BCUT2D eigenvalue weighted by Gasteiger charge is -2.21. The zero-order chi connectivity index (χ0) is 18.7. The second kappa shape index (κ2) is 7.63. The minimum absolute atomic E-state index is 0.0922. The van der Waals surface area contributed by atoms with Gasteiger partial charge < -0.3 is 15.0 Å². The van der Waals surface area contributed by atoms with Crippen molar-refractivity contribution >= 4 is 17.2 Å². The van der Waals surface area contributed by atoms with E-state index in [1.165, 1.54) is 0 Å². The summed E-state index contributed by atoms with van der Waals surface area (Å²) < 4.78 is 7.02. The van der Waals surface area contributed by atoms with E-state index in [0.29, 0.717) is 30.4 Å². The second-order valence-electron chi connectivity index (χ2n) is 6.53. The zero-order valence-electron chi connectivity index (χ0n) is 15.4. The van der Waals surface area contributed by atoms with Gasteiger partial charge in [0.1, 0.15) is 11.4 Å². The number of benzene rings is 1. The molecule has 140 valence electrons. The van der Waals surface area contributed by atoms with E-state index in [9.17, 15) is 10.1 Å². The number of anilines is 2. The quantitative estimate of drug-likeness (QED) is 0.604. The minimum Gasteiger partial charge on any atom is -0.495 e. The fraction of sp³-hybridized carbons (Fsp3) is 0.500. The number of aryl methyl sites for hydroxylation is 2. The summed E-state index contributed by atoms with van der Waals surface area (Å²) in [6.07, 6.45) is 1.56. The summed E-state index contributed by atoms with van der Waals surface area (Å²) in [4.78, 5) is 13.4. The van der Waals surface area contributed by atoms with Crippen molar-refractivity contribution in [2.75, 3.05) is 37.0 Å². The molecule has 26 heavy (non-hydrogen) atoms. The zero-order valence-corrected chi connectivity index (χ0v) is 15.4. The molecule has 0 amide bonds. The van der Waals surface area contributed by atoms with Gasteiger partial charge in [0.25, 0.3) is 0 Å². The van der Waals surface area contributed by atoms with Crippen LogP contribution < -0.4 is 15.0 Å². The molecule has 0 bridgehead atoms. The molecule has 8 heteroatoms. The first-order valence-electron chi connectivity index (χ1n) is 8.87. The number of nitrogens with one attached hydrogen (secondary N) is 1. The number of para-hydroxylation sites is 2. The molecule has 0 spiro atoms. The molecule has 1 saturated heterocycles. The number of methoxy groups -OCH3 is 1. The average Bonchev–Trinajstić information content (AvgIpc) is 3.23. The molecule has 2 aromatic rings. The Bertz CT molecular complexity index is 789. The van der Waals surface area contributed by atoms with Gasteiger partial charge in [0.05, 0.1) is 17.7 Å². The van der Waals surface area contributed by atoms with Gasteiger partial charge in [-0.1, -0.05) is 19.1 Å². The molecule has 3 rings (SSSR count). The lowest BCUT2D eigenvalue weighted by Crippen LogP contribution is -2.23. The Balaban J connectivity index is 1.67. The Morgan fingerprint density at radius 2 is 2.19 bits per heavy atom. The number of aromatic nitrogens is 2. The first-order chi connectivity index (χ1) is 12.5. The van der Waals surface area contributed by atoms with E-state index in [0.717, 1.165) is 30.9 Å².